The van der Waals surface area contributed by atoms with Crippen LogP contribution in [-0.4, -0.2) is 18.4 Å². The van der Waals surface area contributed by atoms with Crippen molar-refractivity contribution in [2.75, 3.05) is 6.61 Å². The number of hydrogen-bond acceptors (Lipinski definition) is 5. The maximum absolute atomic E-state index is 13.8. The zero-order valence-corrected chi connectivity index (χ0v) is 16.9. The van der Waals surface area contributed by atoms with Gasteiger partial charge in [0.15, 0.2) is 17.6 Å². The first kappa shape index (κ1) is 21.1. The zero-order chi connectivity index (χ0) is 22.8. The normalized spacial score (nSPS) is 10.8. The minimum Gasteiger partial charge on any atom is -0.455 e. The molecule has 0 aliphatic rings. The van der Waals surface area contributed by atoms with Gasteiger partial charge < -0.3 is 9.15 Å². The van der Waals surface area contributed by atoms with Crippen molar-refractivity contribution >= 4 is 22.7 Å². The topological polar surface area (TPSA) is 73.6 Å². The van der Waals surface area contributed by atoms with Gasteiger partial charge in [0.05, 0.1) is 10.9 Å². The number of rotatable bonds is 5. The zero-order valence-electron chi connectivity index (χ0n) is 16.9. The molecule has 0 saturated heterocycles. The molecule has 4 aromatic rings. The van der Waals surface area contributed by atoms with Crippen molar-refractivity contribution in [3.63, 3.8) is 0 Å². The minimum atomic E-state index is -0.938. The Labute approximate surface area is 180 Å². The minimum absolute atomic E-state index is 0.0105. The number of halogens is 2. The Balaban J connectivity index is 1.69. The number of carbonyl (C=O) groups excluding carboxylic acids is 2. The van der Waals surface area contributed by atoms with Crippen molar-refractivity contribution < 1.29 is 27.5 Å². The molecule has 1 aromatic heterocycles. The van der Waals surface area contributed by atoms with Gasteiger partial charge in [0, 0.05) is 11.1 Å². The van der Waals surface area contributed by atoms with Gasteiger partial charge >= 0.3 is 5.97 Å². The fourth-order valence-corrected chi connectivity index (χ4v) is 3.33. The molecule has 0 unspecified atom stereocenters. The van der Waals surface area contributed by atoms with Crippen molar-refractivity contribution in [2.45, 2.75) is 6.92 Å². The van der Waals surface area contributed by atoms with E-state index in [0.29, 0.717) is 16.9 Å². The lowest BCUT2D eigenvalue weighted by atomic mass is 10.0. The van der Waals surface area contributed by atoms with Gasteiger partial charge in [-0.2, -0.15) is 0 Å². The number of esters is 1. The van der Waals surface area contributed by atoms with Gasteiger partial charge in [-0.3, -0.25) is 9.59 Å². The average molecular weight is 434 g/mol. The van der Waals surface area contributed by atoms with Gasteiger partial charge in [0.1, 0.15) is 23.0 Å². The van der Waals surface area contributed by atoms with Crippen LogP contribution in [0.5, 0.6) is 0 Å². The number of para-hydroxylation sites is 1. The summed E-state index contributed by atoms with van der Waals surface area (Å²) in [5.41, 5.74) is 0.150. The molecule has 5 nitrogen and oxygen atoms in total. The molecule has 0 aliphatic carbocycles. The average Bonchev–Trinajstić information content (AvgIpc) is 2.81. The summed E-state index contributed by atoms with van der Waals surface area (Å²) in [5.74, 6) is -3.25. The van der Waals surface area contributed by atoms with Gasteiger partial charge in [-0.25, -0.2) is 13.6 Å². The lowest BCUT2D eigenvalue weighted by Crippen LogP contribution is -2.16. The molecule has 0 saturated carbocycles. The van der Waals surface area contributed by atoms with E-state index in [4.69, 9.17) is 9.15 Å². The number of benzene rings is 3. The number of fused-ring (bicyclic) bond motifs is 1. The Morgan fingerprint density at radius 1 is 0.938 bits per heavy atom. The highest BCUT2D eigenvalue weighted by atomic mass is 19.1. The molecule has 0 aliphatic heterocycles. The lowest BCUT2D eigenvalue weighted by Gasteiger charge is -2.10. The molecule has 0 spiro atoms. The smallest absolute Gasteiger partial charge is 0.342 e. The van der Waals surface area contributed by atoms with Crippen LogP contribution in [0.15, 0.2) is 75.9 Å². The number of Topliss-reactive ketones (excluding diaryl/α,β-unsaturated/α-hetero) is 1. The molecule has 0 radical (unpaired) electrons. The van der Waals surface area contributed by atoms with E-state index in [1.165, 1.54) is 18.2 Å². The van der Waals surface area contributed by atoms with Crippen LogP contribution < -0.4 is 5.43 Å². The molecule has 0 amide bonds. The predicted molar refractivity (Wildman–Crippen MR) is 114 cm³/mol. The molecule has 3 aromatic carbocycles. The number of carbonyl (C=O) groups is 2. The monoisotopic (exact) mass is 434 g/mol. The van der Waals surface area contributed by atoms with Crippen molar-refractivity contribution in [3.05, 3.63) is 105 Å². The van der Waals surface area contributed by atoms with E-state index < -0.39 is 35.6 Å². The highest BCUT2D eigenvalue weighted by molar-refractivity contribution is 6.04. The first-order valence-electron chi connectivity index (χ1n) is 9.64. The summed E-state index contributed by atoms with van der Waals surface area (Å²) in [6, 6.07) is 15.8. The third kappa shape index (κ3) is 3.92. The second-order valence-corrected chi connectivity index (χ2v) is 7.06. The summed E-state index contributed by atoms with van der Waals surface area (Å²) in [7, 11) is 0. The van der Waals surface area contributed by atoms with Crippen LogP contribution in [0.4, 0.5) is 8.78 Å². The molecule has 4 rings (SSSR count). The summed E-state index contributed by atoms with van der Waals surface area (Å²) < 4.78 is 38.1. The fraction of sp³-hybridized carbons (Fsp3) is 0.0800. The fourth-order valence-electron chi connectivity index (χ4n) is 3.33. The second kappa shape index (κ2) is 8.55. The van der Waals surface area contributed by atoms with Gasteiger partial charge in [0.25, 0.3) is 0 Å². The molecule has 0 fully saturated rings. The molecule has 0 bridgehead atoms. The van der Waals surface area contributed by atoms with E-state index >= 15 is 0 Å². The highest BCUT2D eigenvalue weighted by Gasteiger charge is 2.21. The number of ketones is 1. The summed E-state index contributed by atoms with van der Waals surface area (Å²) in [6.45, 7) is 0.821. The maximum atomic E-state index is 13.8. The van der Waals surface area contributed by atoms with E-state index in [-0.39, 0.29) is 22.0 Å². The second-order valence-electron chi connectivity index (χ2n) is 7.06. The molecule has 32 heavy (non-hydrogen) atoms. The van der Waals surface area contributed by atoms with Gasteiger partial charge in [-0.05, 0) is 37.3 Å². The van der Waals surface area contributed by atoms with E-state index in [1.807, 2.05) is 6.07 Å². The summed E-state index contributed by atoms with van der Waals surface area (Å²) in [6.07, 6.45) is 0. The summed E-state index contributed by atoms with van der Waals surface area (Å²) in [4.78, 5) is 37.8. The SMILES string of the molecule is Cc1c(-c2ccccc2)oc2c(C(=O)OCC(=O)c3cc(F)ccc3F)cccc2c1=O. The van der Waals surface area contributed by atoms with Crippen LogP contribution >= 0.6 is 0 Å². The van der Waals surface area contributed by atoms with Crippen LogP contribution in [0, 0.1) is 18.6 Å². The molecular weight excluding hydrogens is 418 g/mol. The predicted octanol–water partition coefficient (Wildman–Crippen LogP) is 5.09. The van der Waals surface area contributed by atoms with E-state index in [2.05, 4.69) is 0 Å². The van der Waals surface area contributed by atoms with Crippen molar-refractivity contribution in [3.8, 4) is 11.3 Å². The third-order valence-electron chi connectivity index (χ3n) is 4.96. The van der Waals surface area contributed by atoms with Crippen LogP contribution in [0.25, 0.3) is 22.3 Å². The van der Waals surface area contributed by atoms with Crippen molar-refractivity contribution in [1.82, 2.24) is 0 Å². The third-order valence-corrected chi connectivity index (χ3v) is 4.96. The van der Waals surface area contributed by atoms with E-state index in [0.717, 1.165) is 18.2 Å². The molecule has 160 valence electrons. The molecular formula is C25H16F2O5. The van der Waals surface area contributed by atoms with Crippen LogP contribution in [-0.2, 0) is 4.74 Å². The number of hydrogen-bond donors (Lipinski definition) is 0. The van der Waals surface area contributed by atoms with E-state index in [1.54, 1.807) is 31.2 Å². The largest absolute Gasteiger partial charge is 0.455 e. The van der Waals surface area contributed by atoms with Gasteiger partial charge in [-0.1, -0.05) is 36.4 Å². The summed E-state index contributed by atoms with van der Waals surface area (Å²) >= 11 is 0. The van der Waals surface area contributed by atoms with Crippen LogP contribution in [0.3, 0.4) is 0 Å². The maximum Gasteiger partial charge on any atom is 0.342 e. The Morgan fingerprint density at radius 2 is 1.69 bits per heavy atom. The Kier molecular flexibility index (Phi) is 5.64. The van der Waals surface area contributed by atoms with Crippen molar-refractivity contribution in [1.29, 1.82) is 0 Å². The standard InChI is InChI=1S/C25H16F2O5/c1-14-22(29)17-8-5-9-18(24(17)32-23(14)15-6-3-2-4-7-15)25(30)31-13-21(28)19-12-16(26)10-11-20(19)27/h2-12H,13H2,1H3. The lowest BCUT2D eigenvalue weighted by molar-refractivity contribution is 0.0474. The number of ether oxygens (including phenoxy) is 1. The Bertz CT molecular complexity index is 1410. The molecule has 0 atom stereocenters. The van der Waals surface area contributed by atoms with Crippen molar-refractivity contribution in [2.24, 2.45) is 0 Å². The van der Waals surface area contributed by atoms with Gasteiger partial charge in [0.2, 0.25) is 5.78 Å². The van der Waals surface area contributed by atoms with Crippen LogP contribution in [0.1, 0.15) is 26.3 Å². The highest BCUT2D eigenvalue weighted by Crippen LogP contribution is 2.27. The first-order valence-corrected chi connectivity index (χ1v) is 9.64. The van der Waals surface area contributed by atoms with Gasteiger partial charge in [-0.15, -0.1) is 0 Å². The Hall–Kier alpha value is -4.13. The first-order chi connectivity index (χ1) is 15.4. The summed E-state index contributed by atoms with van der Waals surface area (Å²) in [5, 5.41) is 0.180. The Morgan fingerprint density at radius 3 is 2.44 bits per heavy atom. The molecule has 1 heterocycles. The van der Waals surface area contributed by atoms with Crippen LogP contribution in [0.2, 0.25) is 0 Å². The molecule has 7 heteroatoms. The molecule has 0 N–H and O–H groups in total. The van der Waals surface area contributed by atoms with E-state index in [9.17, 15) is 23.2 Å². The quantitative estimate of drug-likeness (QED) is 0.323.